The first-order valence-electron chi connectivity index (χ1n) is 5.70. The predicted molar refractivity (Wildman–Crippen MR) is 79.5 cm³/mol. The Hall–Kier alpha value is -2.14. The SMILES string of the molecule is Nc1nc2ccc(Br)cc2c(=O)n1-c1ccccc1. The number of para-hydroxylation sites is 1. The fourth-order valence-electron chi connectivity index (χ4n) is 2.00. The van der Waals surface area contributed by atoms with Crippen LogP contribution in [0.5, 0.6) is 0 Å². The summed E-state index contributed by atoms with van der Waals surface area (Å²) in [6.45, 7) is 0. The number of nitrogen functional groups attached to an aromatic ring is 1. The molecule has 2 aromatic carbocycles. The van der Waals surface area contributed by atoms with Gasteiger partial charge in [-0.15, -0.1) is 0 Å². The molecule has 0 bridgehead atoms. The van der Waals surface area contributed by atoms with E-state index in [2.05, 4.69) is 20.9 Å². The lowest BCUT2D eigenvalue weighted by atomic mass is 10.2. The molecule has 0 radical (unpaired) electrons. The zero-order chi connectivity index (χ0) is 13.4. The number of aromatic nitrogens is 2. The number of benzene rings is 2. The van der Waals surface area contributed by atoms with E-state index in [9.17, 15) is 4.79 Å². The van der Waals surface area contributed by atoms with Gasteiger partial charge >= 0.3 is 0 Å². The van der Waals surface area contributed by atoms with Crippen LogP contribution in [0.25, 0.3) is 16.6 Å². The number of hydrogen-bond donors (Lipinski definition) is 1. The van der Waals surface area contributed by atoms with Gasteiger partial charge in [-0.1, -0.05) is 34.1 Å². The van der Waals surface area contributed by atoms with E-state index >= 15 is 0 Å². The third-order valence-corrected chi connectivity index (χ3v) is 3.36. The first-order valence-corrected chi connectivity index (χ1v) is 6.49. The number of fused-ring (bicyclic) bond motifs is 1. The molecule has 0 saturated carbocycles. The minimum Gasteiger partial charge on any atom is -0.369 e. The van der Waals surface area contributed by atoms with Crippen LogP contribution in [0.4, 0.5) is 5.95 Å². The number of anilines is 1. The van der Waals surface area contributed by atoms with E-state index in [-0.39, 0.29) is 11.5 Å². The van der Waals surface area contributed by atoms with Crippen molar-refractivity contribution < 1.29 is 0 Å². The van der Waals surface area contributed by atoms with Gasteiger partial charge < -0.3 is 5.73 Å². The zero-order valence-corrected chi connectivity index (χ0v) is 11.5. The average molecular weight is 316 g/mol. The van der Waals surface area contributed by atoms with E-state index in [1.54, 1.807) is 12.1 Å². The van der Waals surface area contributed by atoms with Crippen LogP contribution >= 0.6 is 15.9 Å². The van der Waals surface area contributed by atoms with Gasteiger partial charge in [0.2, 0.25) is 5.95 Å². The van der Waals surface area contributed by atoms with E-state index in [4.69, 9.17) is 5.73 Å². The number of halogens is 1. The Morgan fingerprint density at radius 2 is 1.84 bits per heavy atom. The van der Waals surface area contributed by atoms with Gasteiger partial charge in [-0.2, -0.15) is 0 Å². The summed E-state index contributed by atoms with van der Waals surface area (Å²) in [5.74, 6) is 0.186. The van der Waals surface area contributed by atoms with E-state index in [1.165, 1.54) is 4.57 Å². The standard InChI is InChI=1S/C14H10BrN3O/c15-9-6-7-12-11(8-9)13(19)18(14(16)17-12)10-4-2-1-3-5-10/h1-8H,(H2,16,17). The minimum atomic E-state index is -0.171. The average Bonchev–Trinajstić information content (AvgIpc) is 2.41. The van der Waals surface area contributed by atoms with Crippen LogP contribution in [0.1, 0.15) is 0 Å². The fraction of sp³-hybridized carbons (Fsp3) is 0. The highest BCUT2D eigenvalue weighted by atomic mass is 79.9. The third-order valence-electron chi connectivity index (χ3n) is 2.87. The number of hydrogen-bond acceptors (Lipinski definition) is 3. The molecule has 3 aromatic rings. The molecule has 1 heterocycles. The molecule has 0 spiro atoms. The number of nitrogens with zero attached hydrogens (tertiary/aromatic N) is 2. The van der Waals surface area contributed by atoms with Gasteiger partial charge in [0.25, 0.3) is 5.56 Å². The Bertz CT molecular complexity index is 812. The summed E-state index contributed by atoms with van der Waals surface area (Å²) in [5, 5.41) is 0.535. The molecule has 0 amide bonds. The van der Waals surface area contributed by atoms with E-state index < -0.39 is 0 Å². The van der Waals surface area contributed by atoms with Crippen LogP contribution in [0.15, 0.2) is 57.8 Å². The predicted octanol–water partition coefficient (Wildman–Crippen LogP) is 2.73. The van der Waals surface area contributed by atoms with Crippen molar-refractivity contribution in [3.05, 3.63) is 63.4 Å². The molecule has 0 fully saturated rings. The Morgan fingerprint density at radius 1 is 1.11 bits per heavy atom. The first-order chi connectivity index (χ1) is 9.16. The van der Waals surface area contributed by atoms with Crippen LogP contribution in [0.2, 0.25) is 0 Å². The monoisotopic (exact) mass is 315 g/mol. The van der Waals surface area contributed by atoms with Gasteiger partial charge in [0, 0.05) is 4.47 Å². The third kappa shape index (κ3) is 2.02. The van der Waals surface area contributed by atoms with Crippen molar-refractivity contribution in [2.45, 2.75) is 0 Å². The van der Waals surface area contributed by atoms with Crippen LogP contribution in [-0.4, -0.2) is 9.55 Å². The highest BCUT2D eigenvalue weighted by Gasteiger charge is 2.10. The molecular weight excluding hydrogens is 306 g/mol. The molecule has 1 aromatic heterocycles. The molecule has 3 rings (SSSR count). The van der Waals surface area contributed by atoms with Crippen molar-refractivity contribution in [2.75, 3.05) is 5.73 Å². The quantitative estimate of drug-likeness (QED) is 0.751. The Morgan fingerprint density at radius 3 is 2.58 bits per heavy atom. The summed E-state index contributed by atoms with van der Waals surface area (Å²) in [7, 11) is 0. The topological polar surface area (TPSA) is 60.9 Å². The van der Waals surface area contributed by atoms with Crippen LogP contribution in [0, 0.1) is 0 Å². The van der Waals surface area contributed by atoms with Crippen LogP contribution in [0.3, 0.4) is 0 Å². The maximum atomic E-state index is 12.5. The van der Waals surface area contributed by atoms with Crippen molar-refractivity contribution in [1.29, 1.82) is 0 Å². The largest absolute Gasteiger partial charge is 0.369 e. The van der Waals surface area contributed by atoms with Crippen molar-refractivity contribution in [3.63, 3.8) is 0 Å². The van der Waals surface area contributed by atoms with Gasteiger partial charge in [0.1, 0.15) is 0 Å². The lowest BCUT2D eigenvalue weighted by Gasteiger charge is -2.10. The van der Waals surface area contributed by atoms with Crippen LogP contribution in [-0.2, 0) is 0 Å². The normalized spacial score (nSPS) is 10.8. The molecule has 0 aliphatic rings. The molecule has 0 aliphatic carbocycles. The lowest BCUT2D eigenvalue weighted by Crippen LogP contribution is -2.22. The highest BCUT2D eigenvalue weighted by Crippen LogP contribution is 2.18. The van der Waals surface area contributed by atoms with Gasteiger partial charge in [-0.05, 0) is 30.3 Å². The molecule has 0 saturated heterocycles. The molecular formula is C14H10BrN3O. The highest BCUT2D eigenvalue weighted by molar-refractivity contribution is 9.10. The molecule has 4 nitrogen and oxygen atoms in total. The van der Waals surface area contributed by atoms with Crippen molar-refractivity contribution in [3.8, 4) is 5.69 Å². The van der Waals surface area contributed by atoms with Gasteiger partial charge in [-0.3, -0.25) is 4.79 Å². The summed E-state index contributed by atoms with van der Waals surface area (Å²) in [6, 6.07) is 14.6. The second kappa shape index (κ2) is 4.51. The molecule has 0 aliphatic heterocycles. The number of nitrogens with two attached hydrogens (primary N) is 1. The van der Waals surface area contributed by atoms with Gasteiger partial charge in [0.15, 0.2) is 0 Å². The molecule has 94 valence electrons. The molecule has 0 atom stereocenters. The van der Waals surface area contributed by atoms with Gasteiger partial charge in [-0.25, -0.2) is 9.55 Å². The number of rotatable bonds is 1. The smallest absolute Gasteiger partial charge is 0.267 e. The maximum absolute atomic E-state index is 12.5. The fourth-order valence-corrected chi connectivity index (χ4v) is 2.36. The summed E-state index contributed by atoms with van der Waals surface area (Å²) in [4.78, 5) is 16.8. The summed E-state index contributed by atoms with van der Waals surface area (Å²) in [6.07, 6.45) is 0. The second-order valence-corrected chi connectivity index (χ2v) is 5.02. The van der Waals surface area contributed by atoms with Gasteiger partial charge in [0.05, 0.1) is 16.6 Å². The first kappa shape index (κ1) is 11.9. The summed E-state index contributed by atoms with van der Waals surface area (Å²) in [5.41, 5.74) is 7.03. The molecule has 0 unspecified atom stereocenters. The van der Waals surface area contributed by atoms with E-state index in [0.717, 1.165) is 4.47 Å². The molecule has 19 heavy (non-hydrogen) atoms. The van der Waals surface area contributed by atoms with Crippen molar-refractivity contribution in [1.82, 2.24) is 9.55 Å². The Labute approximate surface area is 117 Å². The van der Waals surface area contributed by atoms with Crippen molar-refractivity contribution in [2.24, 2.45) is 0 Å². The zero-order valence-electron chi connectivity index (χ0n) is 9.88. The van der Waals surface area contributed by atoms with Crippen LogP contribution < -0.4 is 11.3 Å². The Balaban J connectivity index is 2.41. The van der Waals surface area contributed by atoms with Crippen molar-refractivity contribution >= 4 is 32.8 Å². The minimum absolute atomic E-state index is 0.171. The molecule has 5 heteroatoms. The lowest BCUT2D eigenvalue weighted by molar-refractivity contribution is 0.982. The summed E-state index contributed by atoms with van der Waals surface area (Å²) < 4.78 is 2.25. The maximum Gasteiger partial charge on any atom is 0.267 e. The van der Waals surface area contributed by atoms with E-state index in [1.807, 2.05) is 36.4 Å². The van der Waals surface area contributed by atoms with E-state index in [0.29, 0.717) is 16.6 Å². The Kier molecular flexibility index (Phi) is 2.83. The molecule has 2 N–H and O–H groups in total. The summed E-state index contributed by atoms with van der Waals surface area (Å²) >= 11 is 3.36. The second-order valence-electron chi connectivity index (χ2n) is 4.11.